The highest BCUT2D eigenvalue weighted by atomic mass is 19.1. The van der Waals surface area contributed by atoms with Gasteiger partial charge in [-0.15, -0.1) is 0 Å². The van der Waals surface area contributed by atoms with Crippen molar-refractivity contribution in [2.75, 3.05) is 73.2 Å². The van der Waals surface area contributed by atoms with Crippen LogP contribution in [0.2, 0.25) is 0 Å². The van der Waals surface area contributed by atoms with Gasteiger partial charge in [-0.05, 0) is 38.4 Å². The lowest BCUT2D eigenvalue weighted by atomic mass is 9.96. The molecule has 0 spiro atoms. The summed E-state index contributed by atoms with van der Waals surface area (Å²) in [5, 5.41) is 0. The van der Waals surface area contributed by atoms with E-state index in [1.165, 1.54) is 24.3 Å². The van der Waals surface area contributed by atoms with Crippen molar-refractivity contribution < 1.29 is 28.2 Å². The van der Waals surface area contributed by atoms with Crippen LogP contribution in [0.5, 0.6) is 5.75 Å². The van der Waals surface area contributed by atoms with Crippen LogP contribution >= 0.6 is 0 Å². The van der Waals surface area contributed by atoms with Crippen LogP contribution in [0, 0.1) is 5.82 Å². The first kappa shape index (κ1) is 22.5. The fraction of sp³-hybridized carbons (Fsp3) is 0.619. The average molecular weight is 423 g/mol. The molecule has 166 valence electrons. The minimum Gasteiger partial charge on any atom is -0.490 e. The standard InChI is InChI=1S/C21H30FN3O5/c1-23(2)14-20(27)25-9-12-30-21(15-25,13-19(26)24-7-10-28-11-8-24)16-29-18-5-3-17(22)4-6-18/h3-6H,7-16H2,1-2H3/t21-/m0/s1. The maximum atomic E-state index is 13.2. The van der Waals surface area contributed by atoms with E-state index in [0.717, 1.165) is 0 Å². The number of likely N-dealkylation sites (N-methyl/N-ethyl adjacent to an activating group) is 1. The molecule has 2 amide bonds. The Morgan fingerprint density at radius 3 is 2.40 bits per heavy atom. The zero-order valence-electron chi connectivity index (χ0n) is 17.6. The van der Waals surface area contributed by atoms with E-state index in [0.29, 0.717) is 45.2 Å². The smallest absolute Gasteiger partial charge is 0.236 e. The molecule has 2 aliphatic rings. The third-order valence-corrected chi connectivity index (χ3v) is 5.21. The summed E-state index contributed by atoms with van der Waals surface area (Å²) in [5.74, 6) is 0.0556. The van der Waals surface area contributed by atoms with E-state index < -0.39 is 5.60 Å². The van der Waals surface area contributed by atoms with Gasteiger partial charge in [-0.1, -0.05) is 0 Å². The van der Waals surface area contributed by atoms with Crippen molar-refractivity contribution in [2.24, 2.45) is 0 Å². The van der Waals surface area contributed by atoms with E-state index in [-0.39, 0.29) is 43.7 Å². The van der Waals surface area contributed by atoms with Gasteiger partial charge in [0.15, 0.2) is 0 Å². The maximum Gasteiger partial charge on any atom is 0.236 e. The fourth-order valence-corrected chi connectivity index (χ4v) is 3.62. The Balaban J connectivity index is 1.73. The molecule has 0 aromatic heterocycles. The summed E-state index contributed by atoms with van der Waals surface area (Å²) >= 11 is 0. The lowest BCUT2D eigenvalue weighted by Gasteiger charge is -2.43. The summed E-state index contributed by atoms with van der Waals surface area (Å²) in [6.45, 7) is 3.52. The van der Waals surface area contributed by atoms with Gasteiger partial charge in [0.2, 0.25) is 11.8 Å². The Bertz CT molecular complexity index is 724. The number of carbonyl (C=O) groups excluding carboxylic acids is 2. The number of nitrogens with zero attached hydrogens (tertiary/aromatic N) is 3. The van der Waals surface area contributed by atoms with Gasteiger partial charge >= 0.3 is 0 Å². The van der Waals surface area contributed by atoms with Crippen LogP contribution in [-0.4, -0.2) is 105 Å². The number of morpholine rings is 2. The SMILES string of the molecule is CN(C)CC(=O)N1CCO[C@@](COc2ccc(F)cc2)(CC(=O)N2CCOCC2)C1. The molecule has 0 bridgehead atoms. The lowest BCUT2D eigenvalue weighted by molar-refractivity contribution is -0.167. The molecule has 8 nitrogen and oxygen atoms in total. The first-order valence-electron chi connectivity index (χ1n) is 10.2. The van der Waals surface area contributed by atoms with Gasteiger partial charge in [0.1, 0.15) is 23.8 Å². The largest absolute Gasteiger partial charge is 0.490 e. The second-order valence-electron chi connectivity index (χ2n) is 8.00. The predicted octanol–water partition coefficient (Wildman–Crippen LogP) is 0.613. The van der Waals surface area contributed by atoms with E-state index in [9.17, 15) is 14.0 Å². The summed E-state index contributed by atoms with van der Waals surface area (Å²) < 4.78 is 30.5. The number of amides is 2. The van der Waals surface area contributed by atoms with Crippen LogP contribution in [0.1, 0.15) is 6.42 Å². The highest BCUT2D eigenvalue weighted by molar-refractivity contribution is 5.79. The first-order chi connectivity index (χ1) is 14.4. The zero-order valence-corrected chi connectivity index (χ0v) is 17.6. The van der Waals surface area contributed by atoms with Gasteiger partial charge in [0.05, 0.1) is 39.3 Å². The highest BCUT2D eigenvalue weighted by Gasteiger charge is 2.42. The number of hydrogen-bond acceptors (Lipinski definition) is 6. The second kappa shape index (κ2) is 10.2. The number of carbonyl (C=O) groups is 2. The molecular weight excluding hydrogens is 393 g/mol. The summed E-state index contributed by atoms with van der Waals surface area (Å²) in [5.41, 5.74) is -0.968. The molecule has 3 rings (SSSR count). The van der Waals surface area contributed by atoms with Gasteiger partial charge in [0.25, 0.3) is 0 Å². The van der Waals surface area contributed by atoms with E-state index in [1.807, 2.05) is 19.0 Å². The summed E-state index contributed by atoms with van der Waals surface area (Å²) in [6.07, 6.45) is 0.0972. The topological polar surface area (TPSA) is 71.6 Å². The van der Waals surface area contributed by atoms with Crippen molar-refractivity contribution in [3.05, 3.63) is 30.1 Å². The van der Waals surface area contributed by atoms with Crippen LogP contribution in [0.3, 0.4) is 0 Å². The normalized spacial score (nSPS) is 22.3. The molecule has 0 radical (unpaired) electrons. The zero-order chi connectivity index (χ0) is 21.6. The van der Waals surface area contributed by atoms with Crippen molar-refractivity contribution in [2.45, 2.75) is 12.0 Å². The van der Waals surface area contributed by atoms with Crippen molar-refractivity contribution >= 4 is 11.8 Å². The van der Waals surface area contributed by atoms with E-state index in [2.05, 4.69) is 0 Å². The summed E-state index contributed by atoms with van der Waals surface area (Å²) in [7, 11) is 3.68. The fourth-order valence-electron chi connectivity index (χ4n) is 3.62. The molecule has 0 saturated carbocycles. The van der Waals surface area contributed by atoms with E-state index >= 15 is 0 Å². The third kappa shape index (κ3) is 6.13. The highest BCUT2D eigenvalue weighted by Crippen LogP contribution is 2.26. The minimum absolute atomic E-state index is 0.0201. The van der Waals surface area contributed by atoms with Crippen LogP contribution < -0.4 is 4.74 Å². The number of benzene rings is 1. The predicted molar refractivity (Wildman–Crippen MR) is 108 cm³/mol. The Labute approximate surface area is 176 Å². The van der Waals surface area contributed by atoms with Gasteiger partial charge in [0, 0.05) is 19.6 Å². The molecule has 2 aliphatic heterocycles. The first-order valence-corrected chi connectivity index (χ1v) is 10.2. The molecule has 0 N–H and O–H groups in total. The Hall–Kier alpha value is -2.23. The van der Waals surface area contributed by atoms with Crippen molar-refractivity contribution in [3.63, 3.8) is 0 Å². The summed E-state index contributed by atoms with van der Waals surface area (Å²) in [4.78, 5) is 30.9. The van der Waals surface area contributed by atoms with Gasteiger partial charge < -0.3 is 28.9 Å². The quantitative estimate of drug-likeness (QED) is 0.640. The molecule has 1 atom stereocenters. The van der Waals surface area contributed by atoms with Crippen molar-refractivity contribution in [1.29, 1.82) is 0 Å². The number of hydrogen-bond donors (Lipinski definition) is 0. The third-order valence-electron chi connectivity index (χ3n) is 5.21. The lowest BCUT2D eigenvalue weighted by Crippen LogP contribution is -2.59. The molecule has 1 aromatic rings. The molecule has 0 unspecified atom stereocenters. The second-order valence-corrected chi connectivity index (χ2v) is 8.00. The van der Waals surface area contributed by atoms with Crippen molar-refractivity contribution in [1.82, 2.24) is 14.7 Å². The van der Waals surface area contributed by atoms with Gasteiger partial charge in [-0.3, -0.25) is 9.59 Å². The summed E-state index contributed by atoms with van der Waals surface area (Å²) in [6, 6.07) is 5.69. The Kier molecular flexibility index (Phi) is 7.63. The molecular formula is C21H30FN3O5. The molecule has 0 aliphatic carbocycles. The van der Waals surface area contributed by atoms with Gasteiger partial charge in [-0.25, -0.2) is 4.39 Å². The molecule has 1 aromatic carbocycles. The van der Waals surface area contributed by atoms with Crippen LogP contribution in [0.4, 0.5) is 4.39 Å². The molecule has 9 heteroatoms. The number of halogens is 1. The average Bonchev–Trinajstić information content (AvgIpc) is 2.74. The maximum absolute atomic E-state index is 13.2. The van der Waals surface area contributed by atoms with Gasteiger partial charge in [-0.2, -0.15) is 0 Å². The monoisotopic (exact) mass is 423 g/mol. The van der Waals surface area contributed by atoms with Crippen molar-refractivity contribution in [3.8, 4) is 5.75 Å². The van der Waals surface area contributed by atoms with Crippen LogP contribution in [0.15, 0.2) is 24.3 Å². The van der Waals surface area contributed by atoms with E-state index in [4.69, 9.17) is 14.2 Å². The minimum atomic E-state index is -0.968. The molecule has 30 heavy (non-hydrogen) atoms. The number of ether oxygens (including phenoxy) is 3. The Morgan fingerprint density at radius 1 is 1.07 bits per heavy atom. The molecule has 2 fully saturated rings. The van der Waals surface area contributed by atoms with Crippen LogP contribution in [-0.2, 0) is 19.1 Å². The molecule has 2 saturated heterocycles. The molecule has 2 heterocycles. The van der Waals surface area contributed by atoms with Crippen LogP contribution in [0.25, 0.3) is 0 Å². The number of rotatable bonds is 7. The van der Waals surface area contributed by atoms with E-state index in [1.54, 1.807) is 9.80 Å². The Morgan fingerprint density at radius 2 is 1.73 bits per heavy atom.